The summed E-state index contributed by atoms with van der Waals surface area (Å²) in [5.74, 6) is -2.10. The van der Waals surface area contributed by atoms with Crippen molar-refractivity contribution in [2.75, 3.05) is 6.54 Å². The zero-order valence-electron chi connectivity index (χ0n) is 12.4. The third-order valence-electron chi connectivity index (χ3n) is 4.26. The number of alkyl halides is 2. The number of likely N-dealkylation sites (N-methyl/N-ethyl adjacent to an activating group) is 1. The highest BCUT2D eigenvalue weighted by Gasteiger charge is 2.37. The molecule has 1 aliphatic carbocycles. The second kappa shape index (κ2) is 6.66. The molecule has 1 aliphatic rings. The van der Waals surface area contributed by atoms with Gasteiger partial charge < -0.3 is 5.32 Å². The van der Waals surface area contributed by atoms with Gasteiger partial charge in [0.05, 0.1) is 6.20 Å². The van der Waals surface area contributed by atoms with E-state index in [-0.39, 0.29) is 18.9 Å². The molecule has 0 amide bonds. The number of halogens is 2. The van der Waals surface area contributed by atoms with Gasteiger partial charge in [-0.1, -0.05) is 6.92 Å². The molecule has 0 saturated heterocycles. The number of nitrogens with zero attached hydrogens (tertiary/aromatic N) is 2. The van der Waals surface area contributed by atoms with E-state index in [0.717, 1.165) is 19.5 Å². The van der Waals surface area contributed by atoms with Crippen molar-refractivity contribution in [2.24, 2.45) is 5.92 Å². The number of hydrogen-bond donors (Lipinski definition) is 1. The molecule has 1 heterocycles. The van der Waals surface area contributed by atoms with Gasteiger partial charge in [0.1, 0.15) is 0 Å². The summed E-state index contributed by atoms with van der Waals surface area (Å²) in [7, 11) is 0. The summed E-state index contributed by atoms with van der Waals surface area (Å²) in [6.07, 6.45) is 6.14. The quantitative estimate of drug-likeness (QED) is 0.869. The van der Waals surface area contributed by atoms with Crippen molar-refractivity contribution in [3.05, 3.63) is 18.0 Å². The van der Waals surface area contributed by atoms with Gasteiger partial charge in [0, 0.05) is 31.6 Å². The lowest BCUT2D eigenvalue weighted by molar-refractivity contribution is -0.0494. The molecule has 0 aliphatic heterocycles. The van der Waals surface area contributed by atoms with E-state index in [2.05, 4.69) is 30.5 Å². The number of aromatic nitrogens is 2. The zero-order chi connectivity index (χ0) is 14.6. The Kier molecular flexibility index (Phi) is 5.13. The summed E-state index contributed by atoms with van der Waals surface area (Å²) in [4.78, 5) is 0. The van der Waals surface area contributed by atoms with Gasteiger partial charge in [-0.2, -0.15) is 5.10 Å². The third-order valence-corrected chi connectivity index (χ3v) is 4.26. The van der Waals surface area contributed by atoms with Crippen molar-refractivity contribution < 1.29 is 8.78 Å². The predicted molar refractivity (Wildman–Crippen MR) is 76.0 cm³/mol. The first-order valence-electron chi connectivity index (χ1n) is 7.66. The maximum absolute atomic E-state index is 13.3. The monoisotopic (exact) mass is 285 g/mol. The first-order valence-corrected chi connectivity index (χ1v) is 7.66. The maximum Gasteiger partial charge on any atom is 0.248 e. The molecular formula is C15H25F2N3. The van der Waals surface area contributed by atoms with Crippen LogP contribution in [0.15, 0.2) is 12.4 Å². The van der Waals surface area contributed by atoms with Crippen LogP contribution < -0.4 is 5.32 Å². The van der Waals surface area contributed by atoms with Crippen LogP contribution in [0.1, 0.15) is 45.1 Å². The van der Waals surface area contributed by atoms with Gasteiger partial charge >= 0.3 is 0 Å². The number of aryl methyl sites for hydroxylation is 1. The number of nitrogens with one attached hydrogen (secondary N) is 1. The van der Waals surface area contributed by atoms with Crippen LogP contribution in [0.2, 0.25) is 0 Å². The highest BCUT2D eigenvalue weighted by atomic mass is 19.3. The minimum atomic E-state index is -2.44. The molecule has 0 bridgehead atoms. The van der Waals surface area contributed by atoms with E-state index in [1.807, 2.05) is 10.9 Å². The molecule has 1 atom stereocenters. The molecule has 1 N–H and O–H groups in total. The average Bonchev–Trinajstić information content (AvgIpc) is 2.86. The van der Waals surface area contributed by atoms with Crippen molar-refractivity contribution in [1.82, 2.24) is 15.1 Å². The van der Waals surface area contributed by atoms with Crippen molar-refractivity contribution >= 4 is 0 Å². The maximum atomic E-state index is 13.3. The topological polar surface area (TPSA) is 29.9 Å². The number of hydrogen-bond acceptors (Lipinski definition) is 2. The molecule has 1 aromatic rings. The van der Waals surface area contributed by atoms with Gasteiger partial charge in [0.15, 0.2) is 0 Å². The van der Waals surface area contributed by atoms with Crippen molar-refractivity contribution in [2.45, 2.75) is 64.5 Å². The van der Waals surface area contributed by atoms with Crippen LogP contribution in [0, 0.1) is 5.92 Å². The molecule has 1 saturated carbocycles. The van der Waals surface area contributed by atoms with Crippen LogP contribution in [0.3, 0.4) is 0 Å². The lowest BCUT2D eigenvalue weighted by Crippen LogP contribution is -2.41. The SMILES string of the molecule is CCNC(Cc1cnn(CC)c1)C1CCC(F)(F)CC1. The Hall–Kier alpha value is -0.970. The van der Waals surface area contributed by atoms with Crippen molar-refractivity contribution in [3.63, 3.8) is 0 Å². The van der Waals surface area contributed by atoms with E-state index < -0.39 is 5.92 Å². The lowest BCUT2D eigenvalue weighted by atomic mass is 9.80. The Balaban J connectivity index is 1.96. The molecular weight excluding hydrogens is 260 g/mol. The molecule has 2 rings (SSSR count). The Morgan fingerprint density at radius 2 is 2.10 bits per heavy atom. The molecule has 20 heavy (non-hydrogen) atoms. The molecule has 1 aromatic heterocycles. The van der Waals surface area contributed by atoms with Gasteiger partial charge in [-0.15, -0.1) is 0 Å². The van der Waals surface area contributed by atoms with Crippen LogP contribution in [0.5, 0.6) is 0 Å². The molecule has 114 valence electrons. The van der Waals surface area contributed by atoms with Gasteiger partial charge in [0.2, 0.25) is 5.92 Å². The fraction of sp³-hybridized carbons (Fsp3) is 0.800. The first-order chi connectivity index (χ1) is 9.54. The lowest BCUT2D eigenvalue weighted by Gasteiger charge is -2.34. The van der Waals surface area contributed by atoms with E-state index >= 15 is 0 Å². The molecule has 3 nitrogen and oxygen atoms in total. The van der Waals surface area contributed by atoms with Crippen LogP contribution >= 0.6 is 0 Å². The standard InChI is InChI=1S/C15H25F2N3/c1-3-18-14(9-12-10-19-20(4-2)11-12)13-5-7-15(16,17)8-6-13/h10-11,13-14,18H,3-9H2,1-2H3. The van der Waals surface area contributed by atoms with E-state index in [0.29, 0.717) is 18.8 Å². The first kappa shape index (κ1) is 15.4. The minimum absolute atomic E-state index is 0.0355. The summed E-state index contributed by atoms with van der Waals surface area (Å²) < 4.78 is 28.4. The fourth-order valence-electron chi connectivity index (χ4n) is 3.07. The van der Waals surface area contributed by atoms with Crippen molar-refractivity contribution in [3.8, 4) is 0 Å². The van der Waals surface area contributed by atoms with Gasteiger partial charge in [-0.25, -0.2) is 8.78 Å². The highest BCUT2D eigenvalue weighted by molar-refractivity contribution is 5.07. The third kappa shape index (κ3) is 4.01. The molecule has 0 radical (unpaired) electrons. The largest absolute Gasteiger partial charge is 0.314 e. The van der Waals surface area contributed by atoms with E-state index in [9.17, 15) is 8.78 Å². The van der Waals surface area contributed by atoms with E-state index in [1.165, 1.54) is 5.56 Å². The minimum Gasteiger partial charge on any atom is -0.314 e. The summed E-state index contributed by atoms with van der Waals surface area (Å²) in [6.45, 7) is 5.86. The molecule has 0 aromatic carbocycles. The van der Waals surface area contributed by atoms with Crippen LogP contribution in [0.4, 0.5) is 8.78 Å². The normalized spacial score (nSPS) is 21.0. The van der Waals surface area contributed by atoms with Gasteiger partial charge in [0.25, 0.3) is 0 Å². The second-order valence-corrected chi connectivity index (χ2v) is 5.77. The molecule has 1 fully saturated rings. The average molecular weight is 285 g/mol. The summed E-state index contributed by atoms with van der Waals surface area (Å²) in [6, 6.07) is 0.283. The van der Waals surface area contributed by atoms with Crippen molar-refractivity contribution in [1.29, 1.82) is 0 Å². The Labute approximate surface area is 119 Å². The summed E-state index contributed by atoms with van der Waals surface area (Å²) >= 11 is 0. The Morgan fingerprint density at radius 3 is 2.65 bits per heavy atom. The Bertz CT molecular complexity index is 407. The fourth-order valence-corrected chi connectivity index (χ4v) is 3.07. The van der Waals surface area contributed by atoms with Gasteiger partial charge in [-0.05, 0) is 44.2 Å². The number of rotatable bonds is 6. The molecule has 1 unspecified atom stereocenters. The molecule has 5 heteroatoms. The van der Waals surface area contributed by atoms with Crippen LogP contribution in [0.25, 0.3) is 0 Å². The van der Waals surface area contributed by atoms with Crippen LogP contribution in [-0.4, -0.2) is 28.3 Å². The molecule has 0 spiro atoms. The second-order valence-electron chi connectivity index (χ2n) is 5.77. The van der Waals surface area contributed by atoms with Crippen LogP contribution in [-0.2, 0) is 13.0 Å². The zero-order valence-corrected chi connectivity index (χ0v) is 12.4. The smallest absolute Gasteiger partial charge is 0.248 e. The highest BCUT2D eigenvalue weighted by Crippen LogP contribution is 2.37. The van der Waals surface area contributed by atoms with E-state index in [4.69, 9.17) is 0 Å². The Morgan fingerprint density at radius 1 is 1.40 bits per heavy atom. The predicted octanol–water partition coefficient (Wildman–Crippen LogP) is 3.25. The summed E-state index contributed by atoms with van der Waals surface area (Å²) in [5, 5.41) is 7.76. The summed E-state index contributed by atoms with van der Waals surface area (Å²) in [5.41, 5.74) is 1.19. The van der Waals surface area contributed by atoms with E-state index in [1.54, 1.807) is 0 Å². The van der Waals surface area contributed by atoms with Gasteiger partial charge in [-0.3, -0.25) is 4.68 Å².